The van der Waals surface area contributed by atoms with Crippen LogP contribution in [0.2, 0.25) is 0 Å². The molecule has 2 aromatic rings. The average molecular weight is 370 g/mol. The normalized spacial score (nSPS) is 15.9. The zero-order chi connectivity index (χ0) is 19.2. The molecule has 3 rings (SSSR count). The van der Waals surface area contributed by atoms with Gasteiger partial charge in [-0.05, 0) is 18.8 Å². The molecule has 1 unspecified atom stereocenters. The maximum Gasteiger partial charge on any atom is 0.161 e. The van der Waals surface area contributed by atoms with Crippen molar-refractivity contribution in [3.8, 4) is 17.3 Å². The summed E-state index contributed by atoms with van der Waals surface area (Å²) in [5, 5.41) is 13.8. The van der Waals surface area contributed by atoms with Crippen LogP contribution in [-0.4, -0.2) is 40.3 Å². The molecule has 1 aliphatic carbocycles. The monoisotopic (exact) mass is 370 g/mol. The Balaban J connectivity index is 1.91. The molecule has 0 radical (unpaired) electrons. The van der Waals surface area contributed by atoms with Gasteiger partial charge in [-0.2, -0.15) is 10.4 Å². The molecule has 1 saturated carbocycles. The number of nitriles is 1. The van der Waals surface area contributed by atoms with Crippen molar-refractivity contribution in [2.45, 2.75) is 50.9 Å². The molecule has 1 fully saturated rings. The van der Waals surface area contributed by atoms with Crippen LogP contribution in [0.3, 0.4) is 0 Å². The summed E-state index contributed by atoms with van der Waals surface area (Å²) in [7, 11) is 3.17. The molecule has 0 bridgehead atoms. The van der Waals surface area contributed by atoms with Crippen LogP contribution in [-0.2, 0) is 15.9 Å². The van der Waals surface area contributed by atoms with Crippen LogP contribution >= 0.6 is 0 Å². The number of methoxy groups -OCH3 is 2. The number of nitrogen functional groups attached to an aromatic ring is 1. The Morgan fingerprint density at radius 3 is 2.70 bits per heavy atom. The van der Waals surface area contributed by atoms with Crippen LogP contribution in [0.5, 0.6) is 0 Å². The van der Waals surface area contributed by atoms with E-state index in [9.17, 15) is 5.26 Å². The molecular weight excluding hydrogens is 344 g/mol. The summed E-state index contributed by atoms with van der Waals surface area (Å²) < 4.78 is 12.5. The van der Waals surface area contributed by atoms with E-state index in [-0.39, 0.29) is 6.04 Å². The fourth-order valence-electron chi connectivity index (χ4n) is 3.86. The smallest absolute Gasteiger partial charge is 0.161 e. The van der Waals surface area contributed by atoms with Crippen LogP contribution in [0.4, 0.5) is 5.82 Å². The van der Waals surface area contributed by atoms with Crippen LogP contribution < -0.4 is 5.73 Å². The number of anilines is 1. The van der Waals surface area contributed by atoms with E-state index in [0.29, 0.717) is 24.6 Å². The third-order valence-electron chi connectivity index (χ3n) is 5.33. The number of hydrogen-bond acceptors (Lipinski definition) is 7. The van der Waals surface area contributed by atoms with Gasteiger partial charge < -0.3 is 15.2 Å². The highest BCUT2D eigenvalue weighted by atomic mass is 16.7. The fourth-order valence-corrected chi connectivity index (χ4v) is 3.86. The summed E-state index contributed by atoms with van der Waals surface area (Å²) in [6, 6.07) is 2.41. The van der Waals surface area contributed by atoms with E-state index in [1.54, 1.807) is 20.4 Å². The Kier molecular flexibility index (Phi) is 6.37. The third kappa shape index (κ3) is 4.26. The Bertz CT molecular complexity index is 790. The minimum absolute atomic E-state index is 0.0968. The largest absolute Gasteiger partial charge is 0.383 e. The first-order chi connectivity index (χ1) is 13.2. The standard InChI is InChI=1S/C19H26N6O2/c1-26-17(27-2)9-15-18(22-12-23-19(15)21)14-10-24-25(11-14)16(7-8-20)13-5-3-4-6-13/h10-13,16-17H,3-7,9H2,1-2H3,(H2,21,22,23). The number of ether oxygens (including phenoxy) is 2. The van der Waals surface area contributed by atoms with Gasteiger partial charge in [0.15, 0.2) is 6.29 Å². The van der Waals surface area contributed by atoms with Crippen molar-refractivity contribution in [2.24, 2.45) is 5.92 Å². The second-order valence-corrected chi connectivity index (χ2v) is 6.87. The summed E-state index contributed by atoms with van der Waals surface area (Å²) in [4.78, 5) is 8.53. The van der Waals surface area contributed by atoms with Gasteiger partial charge in [0.25, 0.3) is 0 Å². The van der Waals surface area contributed by atoms with E-state index in [1.165, 1.54) is 19.2 Å². The molecule has 0 saturated heterocycles. The molecule has 8 nitrogen and oxygen atoms in total. The topological polar surface area (TPSA) is 112 Å². The number of rotatable bonds is 8. The zero-order valence-corrected chi connectivity index (χ0v) is 15.8. The molecule has 8 heteroatoms. The number of hydrogen-bond donors (Lipinski definition) is 1. The lowest BCUT2D eigenvalue weighted by Gasteiger charge is -2.21. The lowest BCUT2D eigenvalue weighted by molar-refractivity contribution is -0.100. The molecule has 2 heterocycles. The first-order valence-corrected chi connectivity index (χ1v) is 9.24. The molecule has 1 atom stereocenters. The van der Waals surface area contributed by atoms with Gasteiger partial charge in [0, 0.05) is 38.0 Å². The lowest BCUT2D eigenvalue weighted by Crippen LogP contribution is -2.18. The zero-order valence-electron chi connectivity index (χ0n) is 15.8. The molecule has 144 valence electrons. The number of aromatic nitrogens is 4. The van der Waals surface area contributed by atoms with Gasteiger partial charge in [-0.3, -0.25) is 4.68 Å². The van der Waals surface area contributed by atoms with Crippen molar-refractivity contribution < 1.29 is 9.47 Å². The van der Waals surface area contributed by atoms with Gasteiger partial charge in [0.1, 0.15) is 12.1 Å². The summed E-state index contributed by atoms with van der Waals surface area (Å²) in [6.45, 7) is 0. The molecule has 0 aromatic carbocycles. The maximum absolute atomic E-state index is 9.26. The van der Waals surface area contributed by atoms with Gasteiger partial charge in [0.2, 0.25) is 0 Å². The minimum atomic E-state index is -0.433. The van der Waals surface area contributed by atoms with Crippen LogP contribution in [0.25, 0.3) is 11.3 Å². The second-order valence-electron chi connectivity index (χ2n) is 6.87. The first-order valence-electron chi connectivity index (χ1n) is 9.24. The van der Waals surface area contributed by atoms with E-state index in [1.807, 2.05) is 10.9 Å². The van der Waals surface area contributed by atoms with E-state index in [2.05, 4.69) is 21.1 Å². The van der Waals surface area contributed by atoms with Gasteiger partial charge in [0.05, 0.1) is 30.4 Å². The molecule has 2 N–H and O–H groups in total. The molecular formula is C19H26N6O2. The van der Waals surface area contributed by atoms with E-state index >= 15 is 0 Å². The van der Waals surface area contributed by atoms with Crippen molar-refractivity contribution in [3.63, 3.8) is 0 Å². The van der Waals surface area contributed by atoms with Gasteiger partial charge in [-0.1, -0.05) is 12.8 Å². The van der Waals surface area contributed by atoms with E-state index in [0.717, 1.165) is 29.7 Å². The SMILES string of the molecule is COC(Cc1c(N)ncnc1-c1cnn(C(CC#N)C2CCCC2)c1)OC. The highest BCUT2D eigenvalue weighted by Crippen LogP contribution is 2.36. The molecule has 27 heavy (non-hydrogen) atoms. The first kappa shape index (κ1) is 19.3. The summed E-state index contributed by atoms with van der Waals surface area (Å²) in [6.07, 6.45) is 10.4. The van der Waals surface area contributed by atoms with E-state index < -0.39 is 6.29 Å². The van der Waals surface area contributed by atoms with Crippen molar-refractivity contribution in [1.82, 2.24) is 19.7 Å². The van der Waals surface area contributed by atoms with Crippen LogP contribution in [0, 0.1) is 17.2 Å². The number of nitrogens with two attached hydrogens (primary N) is 1. The molecule has 0 aliphatic heterocycles. The number of nitrogens with zero attached hydrogens (tertiary/aromatic N) is 5. The molecule has 1 aliphatic rings. The maximum atomic E-state index is 9.26. The predicted molar refractivity (Wildman–Crippen MR) is 100 cm³/mol. The summed E-state index contributed by atoms with van der Waals surface area (Å²) in [5.74, 6) is 0.898. The van der Waals surface area contributed by atoms with E-state index in [4.69, 9.17) is 15.2 Å². The van der Waals surface area contributed by atoms with Crippen LogP contribution in [0.15, 0.2) is 18.7 Å². The molecule has 0 spiro atoms. The second kappa shape index (κ2) is 8.93. The summed E-state index contributed by atoms with van der Waals surface area (Å²) in [5.41, 5.74) is 8.44. The lowest BCUT2D eigenvalue weighted by atomic mass is 9.96. The Morgan fingerprint density at radius 2 is 2.04 bits per heavy atom. The molecule has 2 aromatic heterocycles. The van der Waals surface area contributed by atoms with Gasteiger partial charge in [-0.25, -0.2) is 9.97 Å². The predicted octanol–water partition coefficient (Wildman–Crippen LogP) is 2.73. The minimum Gasteiger partial charge on any atom is -0.383 e. The molecule has 0 amide bonds. The van der Waals surface area contributed by atoms with Crippen molar-refractivity contribution in [2.75, 3.05) is 20.0 Å². The van der Waals surface area contributed by atoms with Crippen molar-refractivity contribution >= 4 is 5.82 Å². The van der Waals surface area contributed by atoms with Crippen molar-refractivity contribution in [1.29, 1.82) is 5.26 Å². The van der Waals surface area contributed by atoms with Crippen molar-refractivity contribution in [3.05, 3.63) is 24.3 Å². The highest BCUT2D eigenvalue weighted by Gasteiger charge is 2.27. The Morgan fingerprint density at radius 1 is 1.30 bits per heavy atom. The van der Waals surface area contributed by atoms with Crippen LogP contribution in [0.1, 0.15) is 43.7 Å². The quantitative estimate of drug-likeness (QED) is 0.711. The third-order valence-corrected chi connectivity index (χ3v) is 5.33. The Labute approximate surface area is 159 Å². The highest BCUT2D eigenvalue weighted by molar-refractivity contribution is 5.66. The fraction of sp³-hybridized carbons (Fsp3) is 0.579. The average Bonchev–Trinajstić information content (AvgIpc) is 3.37. The summed E-state index contributed by atoms with van der Waals surface area (Å²) >= 11 is 0. The Hall–Kier alpha value is -2.50. The van der Waals surface area contributed by atoms with Gasteiger partial charge >= 0.3 is 0 Å². The van der Waals surface area contributed by atoms with Gasteiger partial charge in [-0.15, -0.1) is 0 Å².